The van der Waals surface area contributed by atoms with Gasteiger partial charge in [-0.15, -0.1) is 0 Å². The predicted molar refractivity (Wildman–Crippen MR) is 252 cm³/mol. The van der Waals surface area contributed by atoms with Gasteiger partial charge in [0.2, 0.25) is 0 Å². The Morgan fingerprint density at radius 1 is 0.322 bits per heavy atom. The van der Waals surface area contributed by atoms with Gasteiger partial charge < -0.3 is 14.2 Å². The average molecular weight is 835 g/mol. The maximum Gasteiger partial charge on any atom is 0.306 e. The summed E-state index contributed by atoms with van der Waals surface area (Å²) in [7, 11) is 0. The van der Waals surface area contributed by atoms with Gasteiger partial charge >= 0.3 is 17.9 Å². The van der Waals surface area contributed by atoms with Gasteiger partial charge in [0, 0.05) is 19.3 Å². The molecule has 0 aliphatic heterocycles. The molecule has 0 unspecified atom stereocenters. The molecule has 0 aliphatic rings. The Morgan fingerprint density at radius 3 is 0.831 bits per heavy atom. The second kappa shape index (κ2) is 45.9. The van der Waals surface area contributed by atoms with E-state index in [1.165, 1.54) is 180 Å². The Hall–Kier alpha value is -1.59. The largest absolute Gasteiger partial charge is 0.462 e. The van der Waals surface area contributed by atoms with Crippen molar-refractivity contribution in [3.8, 4) is 0 Å². The standard InChI is InChI=1S/C53H102O6/c1-6-7-8-9-10-11-12-13-14-15-16-20-23-28-33-38-43-51(54)57-46-50(59-53(56)45-40-35-30-25-27-32-37-42-49(4)5)47-58-52(55)44-39-34-29-24-21-18-17-19-22-26-31-36-41-48(2)3/h48-50H,6-47H2,1-5H3/t50-/m1/s1. The molecule has 0 rings (SSSR count). The van der Waals surface area contributed by atoms with Crippen LogP contribution in [0.2, 0.25) is 0 Å². The highest BCUT2D eigenvalue weighted by Gasteiger charge is 2.19. The van der Waals surface area contributed by atoms with Crippen molar-refractivity contribution >= 4 is 17.9 Å². The summed E-state index contributed by atoms with van der Waals surface area (Å²) in [6.45, 7) is 11.3. The molecule has 0 bridgehead atoms. The van der Waals surface area contributed by atoms with E-state index in [0.717, 1.165) is 69.6 Å². The Morgan fingerprint density at radius 2 is 0.559 bits per heavy atom. The summed E-state index contributed by atoms with van der Waals surface area (Å²) >= 11 is 0. The number of carbonyl (C=O) groups excluding carboxylic acids is 3. The zero-order valence-electron chi connectivity index (χ0n) is 40.4. The topological polar surface area (TPSA) is 78.9 Å². The highest BCUT2D eigenvalue weighted by atomic mass is 16.6. The van der Waals surface area contributed by atoms with Gasteiger partial charge in [0.15, 0.2) is 6.10 Å². The van der Waals surface area contributed by atoms with Gasteiger partial charge in [0.1, 0.15) is 13.2 Å². The lowest BCUT2D eigenvalue weighted by Crippen LogP contribution is -2.30. The molecule has 0 saturated heterocycles. The third kappa shape index (κ3) is 47.3. The number of unbranched alkanes of at least 4 members (excludes halogenated alkanes) is 32. The van der Waals surface area contributed by atoms with Crippen LogP contribution in [0.1, 0.15) is 291 Å². The summed E-state index contributed by atoms with van der Waals surface area (Å²) in [5, 5.41) is 0. The van der Waals surface area contributed by atoms with Crippen molar-refractivity contribution in [1.29, 1.82) is 0 Å². The Bertz CT molecular complexity index is 900. The predicted octanol–water partition coefficient (Wildman–Crippen LogP) is 16.9. The summed E-state index contributed by atoms with van der Waals surface area (Å²) in [5.74, 6) is 0.761. The lowest BCUT2D eigenvalue weighted by molar-refractivity contribution is -0.167. The van der Waals surface area contributed by atoms with E-state index in [1.807, 2.05) is 0 Å². The summed E-state index contributed by atoms with van der Waals surface area (Å²) in [6.07, 6.45) is 46.7. The third-order valence-corrected chi connectivity index (χ3v) is 12.0. The molecular formula is C53H102O6. The van der Waals surface area contributed by atoms with Gasteiger partial charge in [-0.1, -0.05) is 253 Å². The van der Waals surface area contributed by atoms with Gasteiger partial charge in [-0.05, 0) is 31.1 Å². The highest BCUT2D eigenvalue weighted by molar-refractivity contribution is 5.71. The quantitative estimate of drug-likeness (QED) is 0.0345. The molecule has 0 N–H and O–H groups in total. The van der Waals surface area contributed by atoms with E-state index >= 15 is 0 Å². The van der Waals surface area contributed by atoms with Gasteiger partial charge in [0.05, 0.1) is 0 Å². The van der Waals surface area contributed by atoms with Crippen molar-refractivity contribution in [2.75, 3.05) is 13.2 Å². The molecule has 0 fully saturated rings. The van der Waals surface area contributed by atoms with E-state index < -0.39 is 6.10 Å². The minimum atomic E-state index is -0.762. The van der Waals surface area contributed by atoms with E-state index in [0.29, 0.717) is 19.3 Å². The van der Waals surface area contributed by atoms with Crippen LogP contribution >= 0.6 is 0 Å². The van der Waals surface area contributed by atoms with Crippen LogP contribution in [-0.4, -0.2) is 37.2 Å². The van der Waals surface area contributed by atoms with Crippen LogP contribution in [0.15, 0.2) is 0 Å². The van der Waals surface area contributed by atoms with Gasteiger partial charge in [-0.2, -0.15) is 0 Å². The fourth-order valence-corrected chi connectivity index (χ4v) is 7.99. The van der Waals surface area contributed by atoms with Crippen LogP contribution in [0.4, 0.5) is 0 Å². The zero-order valence-corrected chi connectivity index (χ0v) is 40.4. The number of rotatable bonds is 47. The van der Waals surface area contributed by atoms with Crippen molar-refractivity contribution in [3.05, 3.63) is 0 Å². The van der Waals surface area contributed by atoms with E-state index in [1.54, 1.807) is 0 Å². The van der Waals surface area contributed by atoms with Crippen LogP contribution in [0.3, 0.4) is 0 Å². The van der Waals surface area contributed by atoms with Crippen LogP contribution < -0.4 is 0 Å². The molecule has 0 heterocycles. The van der Waals surface area contributed by atoms with Crippen LogP contribution in [-0.2, 0) is 28.6 Å². The maximum absolute atomic E-state index is 12.7. The number of hydrogen-bond donors (Lipinski definition) is 0. The SMILES string of the molecule is CCCCCCCCCCCCCCCCCCC(=O)OC[C@H](COC(=O)CCCCCCCCCCCCCCC(C)C)OC(=O)CCCCCCCCCC(C)C. The average Bonchev–Trinajstić information content (AvgIpc) is 3.20. The smallest absolute Gasteiger partial charge is 0.306 e. The van der Waals surface area contributed by atoms with E-state index in [4.69, 9.17) is 14.2 Å². The van der Waals surface area contributed by atoms with E-state index in [-0.39, 0.29) is 31.1 Å². The van der Waals surface area contributed by atoms with Crippen molar-refractivity contribution in [3.63, 3.8) is 0 Å². The first-order valence-corrected chi connectivity index (χ1v) is 26.2. The summed E-state index contributed by atoms with van der Waals surface area (Å²) in [5.41, 5.74) is 0. The molecule has 6 heteroatoms. The Balaban J connectivity index is 4.26. The minimum Gasteiger partial charge on any atom is -0.462 e. The molecule has 0 aliphatic carbocycles. The number of carbonyl (C=O) groups is 3. The van der Waals surface area contributed by atoms with Crippen LogP contribution in [0.5, 0.6) is 0 Å². The van der Waals surface area contributed by atoms with E-state index in [9.17, 15) is 14.4 Å². The first kappa shape index (κ1) is 57.4. The summed E-state index contributed by atoms with van der Waals surface area (Å²) in [6, 6.07) is 0. The fourth-order valence-electron chi connectivity index (χ4n) is 7.99. The van der Waals surface area contributed by atoms with Gasteiger partial charge in [-0.25, -0.2) is 0 Å². The normalized spacial score (nSPS) is 12.1. The Labute approximate surface area is 368 Å². The number of esters is 3. The molecule has 0 amide bonds. The fraction of sp³-hybridized carbons (Fsp3) is 0.943. The molecule has 59 heavy (non-hydrogen) atoms. The van der Waals surface area contributed by atoms with Crippen molar-refractivity contribution in [2.24, 2.45) is 11.8 Å². The maximum atomic E-state index is 12.7. The van der Waals surface area contributed by atoms with Crippen LogP contribution in [0.25, 0.3) is 0 Å². The van der Waals surface area contributed by atoms with Crippen LogP contribution in [0, 0.1) is 11.8 Å². The molecule has 6 nitrogen and oxygen atoms in total. The molecular weight excluding hydrogens is 733 g/mol. The zero-order chi connectivity index (χ0) is 43.3. The number of hydrogen-bond acceptors (Lipinski definition) is 6. The lowest BCUT2D eigenvalue weighted by Gasteiger charge is -2.18. The molecule has 0 spiro atoms. The molecule has 0 aromatic heterocycles. The summed E-state index contributed by atoms with van der Waals surface area (Å²) in [4.78, 5) is 37.9. The summed E-state index contributed by atoms with van der Waals surface area (Å²) < 4.78 is 16.8. The molecule has 0 aromatic rings. The van der Waals surface area contributed by atoms with Gasteiger partial charge in [0.25, 0.3) is 0 Å². The highest BCUT2D eigenvalue weighted by Crippen LogP contribution is 2.17. The molecule has 1 atom stereocenters. The second-order valence-electron chi connectivity index (χ2n) is 19.1. The number of ether oxygens (including phenoxy) is 3. The van der Waals surface area contributed by atoms with Crippen molar-refractivity contribution in [2.45, 2.75) is 298 Å². The molecule has 0 aromatic carbocycles. The first-order valence-electron chi connectivity index (χ1n) is 26.2. The van der Waals surface area contributed by atoms with Crippen molar-refractivity contribution < 1.29 is 28.6 Å². The van der Waals surface area contributed by atoms with Crippen molar-refractivity contribution in [1.82, 2.24) is 0 Å². The van der Waals surface area contributed by atoms with E-state index in [2.05, 4.69) is 34.6 Å². The Kier molecular flexibility index (Phi) is 44.7. The lowest BCUT2D eigenvalue weighted by atomic mass is 10.0. The minimum absolute atomic E-state index is 0.0643. The van der Waals surface area contributed by atoms with Gasteiger partial charge in [-0.3, -0.25) is 14.4 Å². The first-order chi connectivity index (χ1) is 28.7. The molecule has 350 valence electrons. The monoisotopic (exact) mass is 835 g/mol. The third-order valence-electron chi connectivity index (χ3n) is 12.0. The molecule has 0 saturated carbocycles. The second-order valence-corrected chi connectivity index (χ2v) is 19.1. The molecule has 0 radical (unpaired) electrons.